The SMILES string of the molecule is CCOCCCC[C@@]1(C(C)=O)O[C@H](CO)[C@@](O)(C(C)=O)[C@@](O)(C(C)=O)[C@]1(O)C(C)=O. The highest BCUT2D eigenvalue weighted by molar-refractivity contribution is 6.09. The van der Waals surface area contributed by atoms with Crippen LogP contribution in [0.2, 0.25) is 0 Å². The highest BCUT2D eigenvalue weighted by Gasteiger charge is 2.83. The average Bonchev–Trinajstić information content (AvgIpc) is 2.66. The van der Waals surface area contributed by atoms with Crippen molar-refractivity contribution in [3.8, 4) is 0 Å². The quantitative estimate of drug-likeness (QED) is 0.293. The molecule has 0 aromatic carbocycles. The van der Waals surface area contributed by atoms with Crippen molar-refractivity contribution in [3.63, 3.8) is 0 Å². The Morgan fingerprint density at radius 3 is 1.77 bits per heavy atom. The van der Waals surface area contributed by atoms with Gasteiger partial charge in [-0.2, -0.15) is 0 Å². The zero-order chi connectivity index (χ0) is 23.5. The number of hydrogen-bond acceptors (Lipinski definition) is 10. The summed E-state index contributed by atoms with van der Waals surface area (Å²) in [5, 5.41) is 43.8. The molecule has 30 heavy (non-hydrogen) atoms. The molecule has 1 saturated heterocycles. The van der Waals surface area contributed by atoms with Crippen LogP contribution < -0.4 is 0 Å². The number of hydrogen-bond donors (Lipinski definition) is 4. The molecule has 1 aliphatic rings. The number of ketones is 4. The van der Waals surface area contributed by atoms with Crippen LogP contribution in [0.4, 0.5) is 0 Å². The monoisotopic (exact) mass is 432 g/mol. The predicted molar refractivity (Wildman–Crippen MR) is 103 cm³/mol. The van der Waals surface area contributed by atoms with Crippen molar-refractivity contribution < 1.29 is 49.1 Å². The number of carbonyl (C=O) groups excluding carboxylic acids is 4. The van der Waals surface area contributed by atoms with E-state index in [2.05, 4.69) is 0 Å². The molecular weight excluding hydrogens is 400 g/mol. The molecule has 0 unspecified atom stereocenters. The van der Waals surface area contributed by atoms with Gasteiger partial charge in [0.2, 0.25) is 5.60 Å². The average molecular weight is 432 g/mol. The van der Waals surface area contributed by atoms with Crippen LogP contribution in [0.25, 0.3) is 0 Å². The van der Waals surface area contributed by atoms with Crippen LogP contribution in [0.1, 0.15) is 53.9 Å². The first kappa shape index (κ1) is 26.5. The van der Waals surface area contributed by atoms with E-state index < -0.39 is 58.2 Å². The summed E-state index contributed by atoms with van der Waals surface area (Å²) >= 11 is 0. The Hall–Kier alpha value is -1.56. The molecule has 1 fully saturated rings. The van der Waals surface area contributed by atoms with Crippen LogP contribution >= 0.6 is 0 Å². The summed E-state index contributed by atoms with van der Waals surface area (Å²) in [5.41, 5.74) is -12.4. The number of Topliss-reactive ketones (excluding diaryl/α,β-unsaturated/α-hetero) is 4. The number of ether oxygens (including phenoxy) is 2. The maximum absolute atomic E-state index is 12.8. The molecule has 5 atom stereocenters. The predicted octanol–water partition coefficient (Wildman–Crippen LogP) is -1.13. The first-order valence-electron chi connectivity index (χ1n) is 9.83. The van der Waals surface area contributed by atoms with Crippen molar-refractivity contribution in [2.45, 2.75) is 82.4 Å². The van der Waals surface area contributed by atoms with Gasteiger partial charge in [0.1, 0.15) is 6.10 Å². The zero-order valence-corrected chi connectivity index (χ0v) is 18.1. The van der Waals surface area contributed by atoms with Gasteiger partial charge in [-0.15, -0.1) is 0 Å². The first-order chi connectivity index (χ1) is 13.7. The van der Waals surface area contributed by atoms with Gasteiger partial charge in [-0.1, -0.05) is 0 Å². The normalized spacial score (nSPS) is 36.4. The summed E-state index contributed by atoms with van der Waals surface area (Å²) in [7, 11) is 0. The summed E-state index contributed by atoms with van der Waals surface area (Å²) < 4.78 is 10.8. The van der Waals surface area contributed by atoms with E-state index in [4.69, 9.17) is 9.47 Å². The van der Waals surface area contributed by atoms with E-state index in [0.29, 0.717) is 19.6 Å². The Morgan fingerprint density at radius 1 is 0.867 bits per heavy atom. The minimum absolute atomic E-state index is 0.166. The Morgan fingerprint density at radius 2 is 1.40 bits per heavy atom. The Balaban J connectivity index is 3.81. The second-order valence-corrected chi connectivity index (χ2v) is 7.68. The second-order valence-electron chi connectivity index (χ2n) is 7.68. The highest BCUT2D eigenvalue weighted by atomic mass is 16.6. The molecule has 172 valence electrons. The van der Waals surface area contributed by atoms with E-state index in [0.717, 1.165) is 27.7 Å². The van der Waals surface area contributed by atoms with Gasteiger partial charge >= 0.3 is 0 Å². The number of carbonyl (C=O) groups is 4. The minimum Gasteiger partial charge on any atom is -0.394 e. The summed E-state index contributed by atoms with van der Waals surface area (Å²) in [4.78, 5) is 50.4. The fraction of sp³-hybridized carbons (Fsp3) is 0.800. The summed E-state index contributed by atoms with van der Waals surface area (Å²) in [5.74, 6) is -4.73. The molecule has 10 heteroatoms. The summed E-state index contributed by atoms with van der Waals surface area (Å²) in [6.07, 6.45) is -1.75. The molecule has 1 aliphatic heterocycles. The van der Waals surface area contributed by atoms with Gasteiger partial charge in [-0.05, 0) is 53.9 Å². The summed E-state index contributed by atoms with van der Waals surface area (Å²) in [6.45, 7) is 4.85. The molecule has 0 bridgehead atoms. The van der Waals surface area contributed by atoms with Crippen LogP contribution in [0.3, 0.4) is 0 Å². The number of rotatable bonds is 11. The van der Waals surface area contributed by atoms with Crippen LogP contribution in [0.5, 0.6) is 0 Å². The molecule has 1 heterocycles. The third-order valence-corrected chi connectivity index (χ3v) is 6.03. The molecule has 4 N–H and O–H groups in total. The molecular formula is C20H32O10. The minimum atomic E-state index is -3.45. The largest absolute Gasteiger partial charge is 0.394 e. The molecule has 0 aliphatic carbocycles. The van der Waals surface area contributed by atoms with E-state index in [1.807, 2.05) is 0 Å². The van der Waals surface area contributed by atoms with Crippen LogP contribution in [0, 0.1) is 0 Å². The maximum Gasteiger partial charge on any atom is 0.200 e. The summed E-state index contributed by atoms with van der Waals surface area (Å²) in [6, 6.07) is 0. The van der Waals surface area contributed by atoms with Crippen LogP contribution in [-0.2, 0) is 28.7 Å². The van der Waals surface area contributed by atoms with Crippen molar-refractivity contribution in [2.24, 2.45) is 0 Å². The first-order valence-corrected chi connectivity index (χ1v) is 9.83. The van der Waals surface area contributed by atoms with Gasteiger partial charge in [-0.3, -0.25) is 19.2 Å². The Bertz CT molecular complexity index is 706. The lowest BCUT2D eigenvalue weighted by Crippen LogP contribution is -2.90. The van der Waals surface area contributed by atoms with Crippen molar-refractivity contribution in [3.05, 3.63) is 0 Å². The molecule has 0 saturated carbocycles. The number of unbranched alkanes of at least 4 members (excludes halogenated alkanes) is 1. The molecule has 0 radical (unpaired) electrons. The van der Waals surface area contributed by atoms with E-state index in [9.17, 15) is 39.6 Å². The third-order valence-electron chi connectivity index (χ3n) is 6.03. The van der Waals surface area contributed by atoms with Gasteiger partial charge < -0.3 is 29.9 Å². The van der Waals surface area contributed by atoms with Gasteiger partial charge in [-0.25, -0.2) is 0 Å². The van der Waals surface area contributed by atoms with E-state index in [-0.39, 0.29) is 12.8 Å². The van der Waals surface area contributed by atoms with Crippen LogP contribution in [0.15, 0.2) is 0 Å². The van der Waals surface area contributed by atoms with E-state index in [1.54, 1.807) is 6.92 Å². The van der Waals surface area contributed by atoms with Crippen molar-refractivity contribution in [2.75, 3.05) is 19.8 Å². The Labute approximate surface area is 175 Å². The molecule has 1 rings (SSSR count). The molecule has 0 spiro atoms. The number of aliphatic hydroxyl groups is 4. The van der Waals surface area contributed by atoms with Gasteiger partial charge in [0.15, 0.2) is 39.9 Å². The molecule has 0 amide bonds. The van der Waals surface area contributed by atoms with Crippen molar-refractivity contribution in [1.29, 1.82) is 0 Å². The topological polar surface area (TPSA) is 168 Å². The lowest BCUT2D eigenvalue weighted by Gasteiger charge is -2.62. The third kappa shape index (κ3) is 3.45. The molecule has 10 nitrogen and oxygen atoms in total. The van der Waals surface area contributed by atoms with E-state index in [1.165, 1.54) is 0 Å². The Kier molecular flexibility index (Phi) is 8.20. The lowest BCUT2D eigenvalue weighted by molar-refractivity contribution is -0.344. The fourth-order valence-corrected chi connectivity index (χ4v) is 4.40. The highest BCUT2D eigenvalue weighted by Crippen LogP contribution is 2.53. The van der Waals surface area contributed by atoms with Crippen molar-refractivity contribution >= 4 is 23.1 Å². The molecule has 0 aromatic heterocycles. The maximum atomic E-state index is 12.8. The number of aliphatic hydroxyl groups excluding tert-OH is 1. The van der Waals surface area contributed by atoms with Crippen LogP contribution in [-0.4, -0.2) is 91.9 Å². The molecule has 0 aromatic rings. The van der Waals surface area contributed by atoms with E-state index >= 15 is 0 Å². The van der Waals surface area contributed by atoms with Gasteiger partial charge in [0, 0.05) is 13.2 Å². The van der Waals surface area contributed by atoms with Crippen molar-refractivity contribution in [1.82, 2.24) is 0 Å². The lowest BCUT2D eigenvalue weighted by atomic mass is 9.54. The smallest absolute Gasteiger partial charge is 0.200 e. The van der Waals surface area contributed by atoms with Gasteiger partial charge in [0.25, 0.3) is 0 Å². The van der Waals surface area contributed by atoms with Gasteiger partial charge in [0.05, 0.1) is 6.61 Å². The standard InChI is InChI=1S/C20H32O10/c1-6-29-10-8-7-9-17(12(2)22)19(27,14(4)24)20(28,15(5)25)18(26,13(3)23)16(11-21)30-17/h16,21,26-28H,6-11H2,1-5H3/t16-,17+,18+,19+,20+/m1/s1. The second kappa shape index (κ2) is 9.29. The zero-order valence-electron chi connectivity index (χ0n) is 18.1. The fourth-order valence-electron chi connectivity index (χ4n) is 4.40.